The van der Waals surface area contributed by atoms with E-state index in [0.717, 1.165) is 67.1 Å². The lowest BCUT2D eigenvalue weighted by Gasteiger charge is -2.09. The minimum absolute atomic E-state index is 0.890. The number of aromatic nitrogens is 6. The van der Waals surface area contributed by atoms with Crippen LogP contribution < -0.4 is 0 Å². The zero-order chi connectivity index (χ0) is 24.8. The van der Waals surface area contributed by atoms with Crippen LogP contribution >= 0.6 is 0 Å². The van der Waals surface area contributed by atoms with E-state index in [1.54, 1.807) is 0 Å². The van der Waals surface area contributed by atoms with Gasteiger partial charge in [0.05, 0.1) is 49.8 Å². The van der Waals surface area contributed by atoms with Crippen molar-refractivity contribution in [1.29, 1.82) is 0 Å². The Kier molecular flexibility index (Phi) is 3.70. The lowest BCUT2D eigenvalue weighted by molar-refractivity contribution is 1.10. The number of imidazole rings is 4. The number of benzene rings is 5. The van der Waals surface area contributed by atoms with Crippen LogP contribution in [0.5, 0.6) is 0 Å². The predicted octanol–water partition coefficient (Wildman–Crippen LogP) is 7.18. The van der Waals surface area contributed by atoms with Crippen LogP contribution in [-0.4, -0.2) is 27.9 Å². The molecule has 5 aromatic carbocycles. The third kappa shape index (κ3) is 2.41. The van der Waals surface area contributed by atoms with Crippen molar-refractivity contribution >= 4 is 55.7 Å². The number of fused-ring (bicyclic) bond motifs is 10. The van der Waals surface area contributed by atoms with Gasteiger partial charge < -0.3 is 0 Å². The molecule has 9 aromatic rings. The van der Waals surface area contributed by atoms with Crippen LogP contribution in [0.2, 0.25) is 0 Å². The first-order valence-electron chi connectivity index (χ1n) is 12.7. The maximum atomic E-state index is 5.12. The van der Waals surface area contributed by atoms with Crippen LogP contribution in [0, 0.1) is 0 Å². The van der Waals surface area contributed by atoms with Crippen LogP contribution in [0.1, 0.15) is 0 Å². The van der Waals surface area contributed by atoms with Crippen molar-refractivity contribution in [3.05, 3.63) is 121 Å². The van der Waals surface area contributed by atoms with Crippen molar-refractivity contribution in [2.75, 3.05) is 0 Å². The molecule has 0 atom stereocenters. The maximum Gasteiger partial charge on any atom is 0.220 e. The fourth-order valence-electron chi connectivity index (χ4n) is 6.02. The molecule has 0 aliphatic heterocycles. The van der Waals surface area contributed by atoms with E-state index in [9.17, 15) is 0 Å². The Balaban J connectivity index is 1.53. The summed E-state index contributed by atoms with van der Waals surface area (Å²) < 4.78 is 9.10. The van der Waals surface area contributed by atoms with E-state index < -0.39 is 0 Å². The fourth-order valence-corrected chi connectivity index (χ4v) is 6.02. The summed E-state index contributed by atoms with van der Waals surface area (Å²) in [6, 6.07) is 42.2. The van der Waals surface area contributed by atoms with Gasteiger partial charge >= 0.3 is 0 Å². The van der Waals surface area contributed by atoms with Crippen molar-refractivity contribution < 1.29 is 0 Å². The summed E-state index contributed by atoms with van der Waals surface area (Å²) in [6.45, 7) is 0. The van der Waals surface area contributed by atoms with Gasteiger partial charge in [0.1, 0.15) is 0 Å². The van der Waals surface area contributed by atoms with Crippen LogP contribution in [0.15, 0.2) is 121 Å². The molecule has 0 spiro atoms. The van der Waals surface area contributed by atoms with Crippen molar-refractivity contribution in [2.24, 2.45) is 0 Å². The average molecular weight is 489 g/mol. The molecule has 0 bridgehead atoms. The normalized spacial score (nSPS) is 12.2. The summed E-state index contributed by atoms with van der Waals surface area (Å²) in [5.41, 5.74) is 10.7. The summed E-state index contributed by atoms with van der Waals surface area (Å²) >= 11 is 0. The number of para-hydroxylation sites is 8. The van der Waals surface area contributed by atoms with E-state index in [4.69, 9.17) is 9.97 Å². The Bertz CT molecular complexity index is 2350. The zero-order valence-electron chi connectivity index (χ0n) is 20.2. The standard InChI is InChI=1S/C32H20N6/c1-2-11-21(12-3-1)35-28-19-10-20-29(30(28)38-25-16-7-5-14-23(25)33-31(35)38)37-27-18-9-8-17-26(27)36-24-15-6-4-13-22(24)34-32(36)37/h1-20H. The van der Waals surface area contributed by atoms with E-state index in [0.29, 0.717) is 0 Å². The molecule has 0 N–H and O–H groups in total. The smallest absolute Gasteiger partial charge is 0.220 e. The largest absolute Gasteiger partial charge is 0.278 e. The van der Waals surface area contributed by atoms with Crippen LogP contribution in [0.3, 0.4) is 0 Å². The van der Waals surface area contributed by atoms with E-state index in [1.165, 1.54) is 0 Å². The molecule has 0 unspecified atom stereocenters. The Morgan fingerprint density at radius 1 is 0.395 bits per heavy atom. The molecule has 9 rings (SSSR count). The first-order chi connectivity index (χ1) is 18.9. The van der Waals surface area contributed by atoms with Crippen LogP contribution in [0.25, 0.3) is 67.1 Å². The van der Waals surface area contributed by atoms with Gasteiger partial charge in [-0.25, -0.2) is 9.97 Å². The first kappa shape index (κ1) is 19.8. The highest BCUT2D eigenvalue weighted by Gasteiger charge is 2.23. The number of nitrogens with zero attached hydrogens (tertiary/aromatic N) is 6. The quantitative estimate of drug-likeness (QED) is 0.259. The van der Waals surface area contributed by atoms with E-state index in [-0.39, 0.29) is 0 Å². The molecular weight excluding hydrogens is 468 g/mol. The van der Waals surface area contributed by atoms with Crippen molar-refractivity contribution in [3.63, 3.8) is 0 Å². The topological polar surface area (TPSA) is 44.5 Å². The molecule has 4 aromatic heterocycles. The predicted molar refractivity (Wildman–Crippen MR) is 153 cm³/mol. The molecule has 0 fully saturated rings. The lowest BCUT2D eigenvalue weighted by Crippen LogP contribution is -1.98. The summed E-state index contributed by atoms with van der Waals surface area (Å²) in [5, 5.41) is 0. The van der Waals surface area contributed by atoms with Crippen molar-refractivity contribution in [1.82, 2.24) is 27.9 Å². The molecule has 6 heteroatoms. The van der Waals surface area contributed by atoms with E-state index in [2.05, 4.69) is 121 Å². The van der Waals surface area contributed by atoms with Gasteiger partial charge in [-0.2, -0.15) is 0 Å². The highest BCUT2D eigenvalue weighted by Crippen LogP contribution is 2.36. The van der Waals surface area contributed by atoms with Gasteiger partial charge in [-0.15, -0.1) is 0 Å². The van der Waals surface area contributed by atoms with Crippen LogP contribution in [-0.2, 0) is 0 Å². The molecule has 6 nitrogen and oxygen atoms in total. The minimum Gasteiger partial charge on any atom is -0.278 e. The molecule has 0 aliphatic carbocycles. The van der Waals surface area contributed by atoms with Gasteiger partial charge in [0.2, 0.25) is 11.6 Å². The number of hydrogen-bond donors (Lipinski definition) is 0. The molecule has 0 amide bonds. The summed E-state index contributed by atoms with van der Waals surface area (Å²) in [7, 11) is 0. The Morgan fingerprint density at radius 3 is 1.68 bits per heavy atom. The second-order valence-electron chi connectivity index (χ2n) is 9.61. The summed E-state index contributed by atoms with van der Waals surface area (Å²) in [5.74, 6) is 1.78. The fraction of sp³-hybridized carbons (Fsp3) is 0. The summed E-state index contributed by atoms with van der Waals surface area (Å²) in [6.07, 6.45) is 0. The number of hydrogen-bond acceptors (Lipinski definition) is 2. The third-order valence-electron chi connectivity index (χ3n) is 7.56. The molecule has 0 saturated heterocycles. The number of rotatable bonds is 2. The van der Waals surface area contributed by atoms with E-state index >= 15 is 0 Å². The average Bonchev–Trinajstić information content (AvgIpc) is 3.69. The minimum atomic E-state index is 0.890. The third-order valence-corrected chi connectivity index (χ3v) is 7.56. The second kappa shape index (κ2) is 7.11. The lowest BCUT2D eigenvalue weighted by atomic mass is 10.2. The maximum absolute atomic E-state index is 5.12. The van der Waals surface area contributed by atoms with Gasteiger partial charge in [-0.05, 0) is 60.7 Å². The van der Waals surface area contributed by atoms with Gasteiger partial charge in [-0.3, -0.25) is 17.9 Å². The molecular formula is C32H20N6. The summed E-state index contributed by atoms with van der Waals surface area (Å²) in [4.78, 5) is 10.2. The molecule has 0 radical (unpaired) electrons. The first-order valence-corrected chi connectivity index (χ1v) is 12.7. The van der Waals surface area contributed by atoms with Gasteiger partial charge in [0.15, 0.2) is 0 Å². The monoisotopic (exact) mass is 488 g/mol. The highest BCUT2D eigenvalue weighted by atomic mass is 15.2. The van der Waals surface area contributed by atoms with Crippen LogP contribution in [0.4, 0.5) is 0 Å². The molecule has 178 valence electrons. The molecule has 4 heterocycles. The van der Waals surface area contributed by atoms with Gasteiger partial charge in [-0.1, -0.05) is 60.7 Å². The van der Waals surface area contributed by atoms with Crippen molar-refractivity contribution in [2.45, 2.75) is 0 Å². The Hall–Kier alpha value is -5.36. The van der Waals surface area contributed by atoms with Gasteiger partial charge in [0.25, 0.3) is 0 Å². The van der Waals surface area contributed by atoms with E-state index in [1.807, 2.05) is 18.2 Å². The molecule has 0 aliphatic rings. The molecule has 0 saturated carbocycles. The Morgan fingerprint density at radius 2 is 0.947 bits per heavy atom. The molecule has 38 heavy (non-hydrogen) atoms. The SMILES string of the molecule is c1ccc(-n2c3cccc(-n4c5ccccc5n5c6ccccc6nc45)c3n3c4ccccc4nc23)cc1. The second-order valence-corrected chi connectivity index (χ2v) is 9.61. The Labute approximate surface area is 216 Å². The van der Waals surface area contributed by atoms with Crippen molar-refractivity contribution in [3.8, 4) is 11.4 Å². The zero-order valence-corrected chi connectivity index (χ0v) is 20.2. The highest BCUT2D eigenvalue weighted by molar-refractivity contribution is 5.99. The van der Waals surface area contributed by atoms with Gasteiger partial charge in [0, 0.05) is 5.69 Å².